The van der Waals surface area contributed by atoms with Gasteiger partial charge in [0.25, 0.3) is 0 Å². The molecule has 38 heavy (non-hydrogen) atoms. The van der Waals surface area contributed by atoms with Gasteiger partial charge in [-0.25, -0.2) is 9.97 Å². The minimum absolute atomic E-state index is 0.666. The molecule has 4 aromatic carbocycles. The molecule has 0 N–H and O–H groups in total. The van der Waals surface area contributed by atoms with Crippen LogP contribution in [0.1, 0.15) is 0 Å². The molecule has 0 saturated carbocycles. The van der Waals surface area contributed by atoms with E-state index >= 15 is 0 Å². The van der Waals surface area contributed by atoms with Gasteiger partial charge < -0.3 is 0 Å². The molecule has 8 rings (SSSR count). The molecule has 0 spiro atoms. The Kier molecular flexibility index (Phi) is 4.42. The molecule has 0 saturated heterocycles. The lowest BCUT2D eigenvalue weighted by atomic mass is 10.2. The smallest absolute Gasteiger partial charge is 0.156 e. The third-order valence-corrected chi connectivity index (χ3v) is 7.12. The van der Waals surface area contributed by atoms with Crippen LogP contribution in [0.5, 0.6) is 0 Å². The topological polar surface area (TPSA) is 61.4 Å². The van der Waals surface area contributed by atoms with Crippen molar-refractivity contribution in [1.29, 1.82) is 0 Å². The van der Waals surface area contributed by atoms with Gasteiger partial charge in [0, 0.05) is 21.5 Å². The fourth-order valence-electron chi connectivity index (χ4n) is 5.51. The summed E-state index contributed by atoms with van der Waals surface area (Å²) in [5.41, 5.74) is 5.69. The molecule has 6 nitrogen and oxygen atoms in total. The molecule has 0 unspecified atom stereocenters. The van der Waals surface area contributed by atoms with Gasteiger partial charge in [0.1, 0.15) is 11.4 Å². The first-order chi connectivity index (χ1) is 18.9. The van der Waals surface area contributed by atoms with Crippen molar-refractivity contribution in [2.24, 2.45) is 0 Å². The quantitative estimate of drug-likeness (QED) is 0.265. The van der Waals surface area contributed by atoms with E-state index in [1.54, 1.807) is 24.8 Å². The van der Waals surface area contributed by atoms with E-state index in [-0.39, 0.29) is 0 Å². The zero-order valence-electron chi connectivity index (χ0n) is 20.2. The number of para-hydroxylation sites is 4. The van der Waals surface area contributed by atoms with Crippen LogP contribution in [0.2, 0.25) is 0 Å². The number of hydrogen-bond donors (Lipinski definition) is 0. The van der Waals surface area contributed by atoms with Crippen LogP contribution in [0.4, 0.5) is 0 Å². The molecule has 4 aromatic heterocycles. The van der Waals surface area contributed by atoms with Gasteiger partial charge >= 0.3 is 0 Å². The van der Waals surface area contributed by atoms with Crippen molar-refractivity contribution >= 4 is 43.6 Å². The zero-order chi connectivity index (χ0) is 25.1. The highest BCUT2D eigenvalue weighted by molar-refractivity contribution is 6.10. The third-order valence-electron chi connectivity index (χ3n) is 7.12. The van der Waals surface area contributed by atoms with Crippen LogP contribution in [0.25, 0.3) is 66.6 Å². The first-order valence-corrected chi connectivity index (χ1v) is 12.5. The predicted molar refractivity (Wildman–Crippen MR) is 152 cm³/mol. The fourth-order valence-corrected chi connectivity index (χ4v) is 5.51. The summed E-state index contributed by atoms with van der Waals surface area (Å²) in [5.74, 6) is 1.48. The van der Waals surface area contributed by atoms with Gasteiger partial charge in [-0.1, -0.05) is 72.8 Å². The van der Waals surface area contributed by atoms with Crippen molar-refractivity contribution in [3.63, 3.8) is 0 Å². The van der Waals surface area contributed by atoms with E-state index in [0.717, 1.165) is 33.7 Å². The summed E-state index contributed by atoms with van der Waals surface area (Å²) < 4.78 is 4.32. The Bertz CT molecular complexity index is 1890. The van der Waals surface area contributed by atoms with Crippen molar-refractivity contribution < 1.29 is 0 Å². The normalized spacial score (nSPS) is 11.7. The first-order valence-electron chi connectivity index (χ1n) is 12.5. The summed E-state index contributed by atoms with van der Waals surface area (Å²) in [5, 5.41) is 4.74. The second-order valence-electron chi connectivity index (χ2n) is 9.26. The van der Waals surface area contributed by atoms with Gasteiger partial charge in [-0.2, -0.15) is 0 Å². The molecule has 0 atom stereocenters. The Hall–Kier alpha value is -5.36. The molecule has 0 aliphatic carbocycles. The maximum atomic E-state index is 5.02. The monoisotopic (exact) mass is 488 g/mol. The van der Waals surface area contributed by atoms with Crippen LogP contribution in [0.3, 0.4) is 0 Å². The highest BCUT2D eigenvalue weighted by Crippen LogP contribution is 2.33. The number of aromatic nitrogens is 6. The minimum Gasteiger partial charge on any atom is -0.292 e. The molecule has 0 radical (unpaired) electrons. The van der Waals surface area contributed by atoms with Gasteiger partial charge in [0.15, 0.2) is 11.6 Å². The van der Waals surface area contributed by atoms with E-state index in [2.05, 4.69) is 116 Å². The average Bonchev–Trinajstić information content (AvgIpc) is 3.51. The first kappa shape index (κ1) is 20.8. The van der Waals surface area contributed by atoms with Crippen LogP contribution in [0.15, 0.2) is 122 Å². The van der Waals surface area contributed by atoms with Crippen molar-refractivity contribution in [3.05, 3.63) is 122 Å². The van der Waals surface area contributed by atoms with E-state index < -0.39 is 0 Å². The van der Waals surface area contributed by atoms with Gasteiger partial charge in [-0.3, -0.25) is 19.1 Å². The van der Waals surface area contributed by atoms with Gasteiger partial charge in [-0.05, 0) is 24.3 Å². The fraction of sp³-hybridized carbons (Fsp3) is 0. The van der Waals surface area contributed by atoms with Crippen molar-refractivity contribution in [3.8, 4) is 23.0 Å². The van der Waals surface area contributed by atoms with Crippen LogP contribution in [-0.4, -0.2) is 29.1 Å². The molecule has 178 valence electrons. The highest BCUT2D eigenvalue weighted by atomic mass is 15.1. The van der Waals surface area contributed by atoms with E-state index in [0.29, 0.717) is 11.4 Å². The lowest BCUT2D eigenvalue weighted by Crippen LogP contribution is -2.03. The Balaban J connectivity index is 1.32. The lowest BCUT2D eigenvalue weighted by molar-refractivity contribution is 1.01. The second kappa shape index (κ2) is 8.08. The third kappa shape index (κ3) is 3.01. The zero-order valence-corrected chi connectivity index (χ0v) is 20.2. The van der Waals surface area contributed by atoms with E-state index in [9.17, 15) is 0 Å². The Morgan fingerprint density at radius 2 is 0.684 bits per heavy atom. The molecule has 0 aliphatic rings. The van der Waals surface area contributed by atoms with Crippen molar-refractivity contribution in [2.45, 2.75) is 0 Å². The number of rotatable bonds is 3. The largest absolute Gasteiger partial charge is 0.292 e. The standard InChI is InChI=1S/C32H20N6/c1-5-13-27-21(9-1)22-10-2-6-14-28(22)37(27)31-19-33-17-25(35-31)26-18-34-20-32(36-26)38-29-15-7-3-11-23(29)24-12-4-8-16-30(24)38/h1-20H. The lowest BCUT2D eigenvalue weighted by Gasteiger charge is -2.10. The second-order valence-corrected chi connectivity index (χ2v) is 9.26. The number of benzene rings is 4. The van der Waals surface area contributed by atoms with E-state index in [1.165, 1.54) is 21.5 Å². The van der Waals surface area contributed by atoms with Crippen LogP contribution in [-0.2, 0) is 0 Å². The molecule has 0 amide bonds. The summed E-state index contributed by atoms with van der Waals surface area (Å²) in [6.07, 6.45) is 7.09. The van der Waals surface area contributed by atoms with Crippen LogP contribution < -0.4 is 0 Å². The summed E-state index contributed by atoms with van der Waals surface area (Å²) in [6.45, 7) is 0. The summed E-state index contributed by atoms with van der Waals surface area (Å²) in [4.78, 5) is 19.2. The van der Waals surface area contributed by atoms with E-state index in [4.69, 9.17) is 9.97 Å². The summed E-state index contributed by atoms with van der Waals surface area (Å²) in [7, 11) is 0. The molecular formula is C32H20N6. The number of fused-ring (bicyclic) bond motifs is 6. The highest BCUT2D eigenvalue weighted by Gasteiger charge is 2.16. The molecular weight excluding hydrogens is 468 g/mol. The molecule has 0 aliphatic heterocycles. The Labute approximate surface area is 217 Å². The Morgan fingerprint density at radius 1 is 0.368 bits per heavy atom. The molecule has 4 heterocycles. The van der Waals surface area contributed by atoms with Crippen LogP contribution in [0, 0.1) is 0 Å². The van der Waals surface area contributed by atoms with Crippen molar-refractivity contribution in [1.82, 2.24) is 29.1 Å². The average molecular weight is 489 g/mol. The minimum atomic E-state index is 0.666. The van der Waals surface area contributed by atoms with Gasteiger partial charge in [-0.15, -0.1) is 0 Å². The van der Waals surface area contributed by atoms with Crippen molar-refractivity contribution in [2.75, 3.05) is 0 Å². The SMILES string of the molecule is c1ccc2c(c1)c1ccccc1n2-c1cncc(-c2cncc(-n3c4ccccc4c4ccccc43)n2)n1. The summed E-state index contributed by atoms with van der Waals surface area (Å²) in [6, 6.07) is 33.5. The Morgan fingerprint density at radius 3 is 1.03 bits per heavy atom. The maximum absolute atomic E-state index is 5.02. The van der Waals surface area contributed by atoms with E-state index in [1.807, 2.05) is 0 Å². The molecule has 0 fully saturated rings. The van der Waals surface area contributed by atoms with Crippen LogP contribution >= 0.6 is 0 Å². The van der Waals surface area contributed by atoms with Gasteiger partial charge in [0.05, 0.1) is 46.9 Å². The molecule has 0 bridgehead atoms. The molecule has 8 aromatic rings. The number of nitrogens with zero attached hydrogens (tertiary/aromatic N) is 6. The van der Waals surface area contributed by atoms with Gasteiger partial charge in [0.2, 0.25) is 0 Å². The number of hydrogen-bond acceptors (Lipinski definition) is 4. The summed E-state index contributed by atoms with van der Waals surface area (Å²) >= 11 is 0. The molecule has 6 heteroatoms. The predicted octanol–water partition coefficient (Wildman–Crippen LogP) is 7.13. The maximum Gasteiger partial charge on any atom is 0.156 e.